The van der Waals surface area contributed by atoms with Crippen molar-refractivity contribution in [2.75, 3.05) is 31.5 Å². The van der Waals surface area contributed by atoms with Gasteiger partial charge in [-0.2, -0.15) is 0 Å². The molecule has 2 N–H and O–H groups in total. The first-order valence-electron chi connectivity index (χ1n) is 8.43. The number of carbonyl (C=O) groups is 1. The Hall–Kier alpha value is -2.31. The number of hydrogen-bond acceptors (Lipinski definition) is 5. The number of benzene rings is 1. The molecule has 2 rings (SSSR count). The average Bonchev–Trinajstić information content (AvgIpc) is 2.63. The molecule has 1 atom stereocenters. The number of aliphatic hydroxyl groups excluding tert-OH is 1. The molecule has 0 amide bonds. The lowest BCUT2D eigenvalue weighted by molar-refractivity contribution is -0.108. The zero-order valence-corrected chi connectivity index (χ0v) is 14.1. The molecule has 134 valence electrons. The van der Waals surface area contributed by atoms with Gasteiger partial charge in [0, 0.05) is 19.3 Å². The van der Waals surface area contributed by atoms with Crippen molar-refractivity contribution in [1.29, 1.82) is 0 Å². The van der Waals surface area contributed by atoms with E-state index in [1.807, 2.05) is 23.1 Å². The molecule has 0 radical (unpaired) electrons. The molecule has 0 aliphatic heterocycles. The van der Waals surface area contributed by atoms with Crippen LogP contribution in [-0.2, 0) is 4.79 Å². The quantitative estimate of drug-likeness (QED) is 0.613. The van der Waals surface area contributed by atoms with Crippen molar-refractivity contribution < 1.29 is 14.3 Å². The Morgan fingerprint density at radius 2 is 2.00 bits per heavy atom. The summed E-state index contributed by atoms with van der Waals surface area (Å²) in [6, 6.07) is 11.6. The number of nitrogens with zero attached hydrogens (tertiary/aromatic N) is 2. The largest absolute Gasteiger partial charge is 0.388 e. The molecule has 1 aromatic carbocycles. The summed E-state index contributed by atoms with van der Waals surface area (Å²) in [5.74, 6) is 0.494. The van der Waals surface area contributed by atoms with Gasteiger partial charge in [0.1, 0.15) is 17.9 Å². The van der Waals surface area contributed by atoms with E-state index < -0.39 is 6.10 Å². The third-order valence-electron chi connectivity index (χ3n) is 3.94. The number of aromatic nitrogens is 1. The van der Waals surface area contributed by atoms with E-state index in [0.717, 1.165) is 18.5 Å². The third-order valence-corrected chi connectivity index (χ3v) is 3.94. The van der Waals surface area contributed by atoms with E-state index in [2.05, 4.69) is 10.3 Å². The average molecular weight is 345 g/mol. The van der Waals surface area contributed by atoms with Gasteiger partial charge in [0.25, 0.3) is 0 Å². The van der Waals surface area contributed by atoms with Gasteiger partial charge in [-0.1, -0.05) is 18.2 Å². The fraction of sp³-hybridized carbons (Fsp3) is 0.368. The summed E-state index contributed by atoms with van der Waals surface area (Å²) in [6.45, 7) is 2.46. The van der Waals surface area contributed by atoms with Crippen molar-refractivity contribution in [3.05, 3.63) is 60.0 Å². The van der Waals surface area contributed by atoms with Gasteiger partial charge in [0.2, 0.25) is 0 Å². The molecule has 0 spiro atoms. The SMILES string of the molecule is O=CCN(CCCC(O)c1ccc(F)cc1)CCNc1ccccn1. The number of aldehydes is 1. The van der Waals surface area contributed by atoms with Crippen LogP contribution < -0.4 is 5.32 Å². The molecule has 2 aromatic rings. The van der Waals surface area contributed by atoms with Gasteiger partial charge in [0.15, 0.2) is 0 Å². The summed E-state index contributed by atoms with van der Waals surface area (Å²) < 4.78 is 12.9. The highest BCUT2D eigenvalue weighted by atomic mass is 19.1. The predicted molar refractivity (Wildman–Crippen MR) is 95.8 cm³/mol. The smallest absolute Gasteiger partial charge is 0.133 e. The summed E-state index contributed by atoms with van der Waals surface area (Å²) in [6.07, 6.45) is 3.30. The maximum Gasteiger partial charge on any atom is 0.133 e. The number of nitrogens with one attached hydrogen (secondary N) is 1. The van der Waals surface area contributed by atoms with E-state index in [1.165, 1.54) is 12.1 Å². The van der Waals surface area contributed by atoms with Crippen LogP contribution in [0.4, 0.5) is 10.2 Å². The molecule has 1 heterocycles. The van der Waals surface area contributed by atoms with Gasteiger partial charge < -0.3 is 15.2 Å². The Bertz CT molecular complexity index is 622. The number of rotatable bonds is 11. The molecule has 6 heteroatoms. The zero-order chi connectivity index (χ0) is 17.9. The number of anilines is 1. The van der Waals surface area contributed by atoms with Crippen LogP contribution in [0.3, 0.4) is 0 Å². The van der Waals surface area contributed by atoms with Crippen molar-refractivity contribution in [3.63, 3.8) is 0 Å². The predicted octanol–water partition coefficient (Wildman–Crippen LogP) is 2.65. The van der Waals surface area contributed by atoms with Crippen LogP contribution >= 0.6 is 0 Å². The monoisotopic (exact) mass is 345 g/mol. The summed E-state index contributed by atoms with van der Waals surface area (Å²) in [5.41, 5.74) is 0.708. The second-order valence-corrected chi connectivity index (χ2v) is 5.82. The number of pyridine rings is 1. The number of carbonyl (C=O) groups excluding carboxylic acids is 1. The summed E-state index contributed by atoms with van der Waals surface area (Å²) in [4.78, 5) is 17.1. The first-order chi connectivity index (χ1) is 12.2. The van der Waals surface area contributed by atoms with Gasteiger partial charge in [-0.3, -0.25) is 4.90 Å². The van der Waals surface area contributed by atoms with E-state index in [-0.39, 0.29) is 5.82 Å². The van der Waals surface area contributed by atoms with E-state index in [1.54, 1.807) is 18.3 Å². The number of hydrogen-bond donors (Lipinski definition) is 2. The van der Waals surface area contributed by atoms with Gasteiger partial charge in [-0.05, 0) is 49.2 Å². The second-order valence-electron chi connectivity index (χ2n) is 5.82. The van der Waals surface area contributed by atoms with Gasteiger partial charge in [-0.25, -0.2) is 9.37 Å². The molecular formula is C19H24FN3O2. The number of halogens is 1. The maximum atomic E-state index is 12.9. The lowest BCUT2D eigenvalue weighted by atomic mass is 10.0. The Morgan fingerprint density at radius 1 is 1.20 bits per heavy atom. The van der Waals surface area contributed by atoms with Crippen LogP contribution in [-0.4, -0.2) is 47.5 Å². The first-order valence-corrected chi connectivity index (χ1v) is 8.43. The van der Waals surface area contributed by atoms with Gasteiger partial charge in [0.05, 0.1) is 12.6 Å². The second kappa shape index (κ2) is 10.5. The standard InChI is InChI=1S/C19H24FN3O2/c20-17-8-6-16(7-9-17)18(25)4-3-12-23(14-15-24)13-11-22-19-5-1-2-10-21-19/h1-2,5-10,15,18,25H,3-4,11-14H2,(H,21,22). The van der Waals surface area contributed by atoms with Crippen molar-refractivity contribution in [1.82, 2.24) is 9.88 Å². The highest BCUT2D eigenvalue weighted by Crippen LogP contribution is 2.18. The molecule has 5 nitrogen and oxygen atoms in total. The summed E-state index contributed by atoms with van der Waals surface area (Å²) in [5, 5.41) is 13.4. The van der Waals surface area contributed by atoms with E-state index in [9.17, 15) is 14.3 Å². The van der Waals surface area contributed by atoms with Crippen molar-refractivity contribution >= 4 is 12.1 Å². The van der Waals surface area contributed by atoms with Crippen LogP contribution in [0.1, 0.15) is 24.5 Å². The molecule has 1 unspecified atom stereocenters. The molecule has 0 aliphatic carbocycles. The van der Waals surface area contributed by atoms with Crippen LogP contribution in [0.2, 0.25) is 0 Å². The van der Waals surface area contributed by atoms with Crippen molar-refractivity contribution in [2.45, 2.75) is 18.9 Å². The van der Waals surface area contributed by atoms with Crippen LogP contribution in [0.25, 0.3) is 0 Å². The Kier molecular flexibility index (Phi) is 8.01. The molecule has 0 fully saturated rings. The molecule has 0 aliphatic rings. The maximum absolute atomic E-state index is 12.9. The van der Waals surface area contributed by atoms with Crippen LogP contribution in [0.15, 0.2) is 48.7 Å². The van der Waals surface area contributed by atoms with Crippen molar-refractivity contribution in [2.24, 2.45) is 0 Å². The molecule has 0 saturated carbocycles. The Morgan fingerprint density at radius 3 is 2.68 bits per heavy atom. The summed E-state index contributed by atoms with van der Waals surface area (Å²) in [7, 11) is 0. The highest BCUT2D eigenvalue weighted by molar-refractivity contribution is 5.51. The normalized spacial score (nSPS) is 12.1. The minimum absolute atomic E-state index is 0.312. The molecular weight excluding hydrogens is 321 g/mol. The zero-order valence-electron chi connectivity index (χ0n) is 14.1. The van der Waals surface area contributed by atoms with Crippen LogP contribution in [0.5, 0.6) is 0 Å². The van der Waals surface area contributed by atoms with E-state index in [4.69, 9.17) is 0 Å². The van der Waals surface area contributed by atoms with Gasteiger partial charge >= 0.3 is 0 Å². The lowest BCUT2D eigenvalue weighted by Gasteiger charge is -2.21. The first kappa shape index (κ1) is 19.0. The van der Waals surface area contributed by atoms with Crippen molar-refractivity contribution in [3.8, 4) is 0 Å². The lowest BCUT2D eigenvalue weighted by Crippen LogP contribution is -2.32. The molecule has 25 heavy (non-hydrogen) atoms. The van der Waals surface area contributed by atoms with Gasteiger partial charge in [-0.15, -0.1) is 0 Å². The van der Waals surface area contributed by atoms with E-state index in [0.29, 0.717) is 38.2 Å². The Labute approximate surface area is 147 Å². The third kappa shape index (κ3) is 6.99. The fourth-order valence-electron chi connectivity index (χ4n) is 2.57. The molecule has 0 bridgehead atoms. The minimum Gasteiger partial charge on any atom is -0.388 e. The topological polar surface area (TPSA) is 65.5 Å². The highest BCUT2D eigenvalue weighted by Gasteiger charge is 2.10. The summed E-state index contributed by atoms with van der Waals surface area (Å²) >= 11 is 0. The molecule has 1 aromatic heterocycles. The fourth-order valence-corrected chi connectivity index (χ4v) is 2.57. The van der Waals surface area contributed by atoms with Crippen LogP contribution in [0, 0.1) is 5.82 Å². The minimum atomic E-state index is -0.620. The molecule has 0 saturated heterocycles. The Balaban J connectivity index is 1.71. The van der Waals surface area contributed by atoms with E-state index >= 15 is 0 Å². The number of aliphatic hydroxyl groups is 1.